The number of H-pyrrole nitrogens is 1. The summed E-state index contributed by atoms with van der Waals surface area (Å²) in [5.74, 6) is -0.417. The smallest absolute Gasteiger partial charge is 0.275 e. The minimum absolute atomic E-state index is 0.126. The molecular weight excluding hydrogens is 257 g/mol. The third kappa shape index (κ3) is 1.73. The largest absolute Gasteiger partial charge is 0.326 e. The van der Waals surface area contributed by atoms with Crippen LogP contribution in [0.25, 0.3) is 0 Å². The van der Waals surface area contributed by atoms with Gasteiger partial charge in [-0.05, 0) is 19.4 Å². The van der Waals surface area contributed by atoms with Crippen molar-refractivity contribution in [3.63, 3.8) is 0 Å². The fourth-order valence-corrected chi connectivity index (χ4v) is 2.84. The summed E-state index contributed by atoms with van der Waals surface area (Å²) >= 11 is 0. The number of aromatic nitrogens is 2. The number of rotatable bonds is 3. The van der Waals surface area contributed by atoms with E-state index < -0.39 is 0 Å². The Morgan fingerprint density at radius 3 is 2.85 bits per heavy atom. The first kappa shape index (κ1) is 12.8. The molecule has 1 unspecified atom stereocenters. The Balaban J connectivity index is 2.17. The molecule has 1 aliphatic rings. The van der Waals surface area contributed by atoms with Crippen LogP contribution in [-0.2, 0) is 0 Å². The van der Waals surface area contributed by atoms with Crippen LogP contribution < -0.4 is 0 Å². The standard InChI is InChI=1S/C15H16FN3O/c1-3-8-19-14(10-6-4-5-7-11(10)16)12-9(2)17-18-13(12)15(19)20/h4-7,14H,3,8H2,1-2H3,(H,17,18). The number of aryl methyl sites for hydroxylation is 1. The summed E-state index contributed by atoms with van der Waals surface area (Å²) in [5.41, 5.74) is 2.57. The Hall–Kier alpha value is -2.17. The van der Waals surface area contributed by atoms with E-state index in [0.717, 1.165) is 17.7 Å². The second kappa shape index (κ2) is 4.74. The highest BCUT2D eigenvalue weighted by atomic mass is 19.1. The van der Waals surface area contributed by atoms with Gasteiger partial charge in [-0.1, -0.05) is 25.1 Å². The number of halogens is 1. The van der Waals surface area contributed by atoms with E-state index in [-0.39, 0.29) is 17.8 Å². The van der Waals surface area contributed by atoms with E-state index in [0.29, 0.717) is 17.8 Å². The summed E-state index contributed by atoms with van der Waals surface area (Å²) in [6.07, 6.45) is 0.823. The molecule has 1 aromatic heterocycles. The highest BCUT2D eigenvalue weighted by Gasteiger charge is 2.41. The number of benzene rings is 1. The van der Waals surface area contributed by atoms with Gasteiger partial charge in [0.1, 0.15) is 5.82 Å². The van der Waals surface area contributed by atoms with Gasteiger partial charge in [0.2, 0.25) is 0 Å². The van der Waals surface area contributed by atoms with Crippen LogP contribution in [0.4, 0.5) is 4.39 Å². The van der Waals surface area contributed by atoms with Crippen LogP contribution in [0.5, 0.6) is 0 Å². The molecule has 1 atom stereocenters. The van der Waals surface area contributed by atoms with Crippen molar-refractivity contribution >= 4 is 5.91 Å². The molecule has 20 heavy (non-hydrogen) atoms. The molecule has 0 fully saturated rings. The van der Waals surface area contributed by atoms with Gasteiger partial charge >= 0.3 is 0 Å². The SMILES string of the molecule is CCCN1C(=O)c2n[nH]c(C)c2C1c1ccccc1F. The van der Waals surface area contributed by atoms with Crippen molar-refractivity contribution in [1.82, 2.24) is 15.1 Å². The van der Waals surface area contributed by atoms with Gasteiger partial charge in [0.05, 0.1) is 6.04 Å². The van der Waals surface area contributed by atoms with Crippen molar-refractivity contribution in [2.24, 2.45) is 0 Å². The minimum atomic E-state index is -0.377. The summed E-state index contributed by atoms with van der Waals surface area (Å²) < 4.78 is 14.1. The molecule has 0 aliphatic carbocycles. The van der Waals surface area contributed by atoms with E-state index >= 15 is 0 Å². The van der Waals surface area contributed by atoms with Gasteiger partial charge in [-0.2, -0.15) is 5.10 Å². The van der Waals surface area contributed by atoms with Crippen molar-refractivity contribution in [2.45, 2.75) is 26.3 Å². The molecule has 1 N–H and O–H groups in total. The average Bonchev–Trinajstić information content (AvgIpc) is 2.93. The van der Waals surface area contributed by atoms with Crippen LogP contribution in [0.1, 0.15) is 46.7 Å². The summed E-state index contributed by atoms with van der Waals surface area (Å²) in [7, 11) is 0. The van der Waals surface area contributed by atoms with E-state index in [4.69, 9.17) is 0 Å². The van der Waals surface area contributed by atoms with E-state index in [9.17, 15) is 9.18 Å². The Morgan fingerprint density at radius 2 is 2.15 bits per heavy atom. The summed E-state index contributed by atoms with van der Waals surface area (Å²) in [6, 6.07) is 6.23. The molecule has 0 radical (unpaired) electrons. The van der Waals surface area contributed by atoms with Crippen LogP contribution in [0, 0.1) is 12.7 Å². The molecule has 0 bridgehead atoms. The highest BCUT2D eigenvalue weighted by molar-refractivity contribution is 5.98. The van der Waals surface area contributed by atoms with Crippen LogP contribution in [0.2, 0.25) is 0 Å². The van der Waals surface area contributed by atoms with Crippen LogP contribution >= 0.6 is 0 Å². The first-order valence-corrected chi connectivity index (χ1v) is 6.75. The fraction of sp³-hybridized carbons (Fsp3) is 0.333. The number of hydrogen-bond acceptors (Lipinski definition) is 2. The summed E-state index contributed by atoms with van der Waals surface area (Å²) in [5, 5.41) is 6.91. The highest BCUT2D eigenvalue weighted by Crippen LogP contribution is 2.40. The van der Waals surface area contributed by atoms with Crippen LogP contribution in [-0.4, -0.2) is 27.5 Å². The zero-order valence-electron chi connectivity index (χ0n) is 11.5. The summed E-state index contributed by atoms with van der Waals surface area (Å²) in [6.45, 7) is 4.46. The molecule has 5 heteroatoms. The van der Waals surface area contributed by atoms with E-state index in [1.165, 1.54) is 6.07 Å². The van der Waals surface area contributed by atoms with Crippen molar-refractivity contribution in [1.29, 1.82) is 0 Å². The molecule has 0 saturated carbocycles. The molecule has 0 saturated heterocycles. The lowest BCUT2D eigenvalue weighted by molar-refractivity contribution is 0.0741. The first-order chi connectivity index (χ1) is 9.65. The number of nitrogens with one attached hydrogen (secondary N) is 1. The number of hydrogen-bond donors (Lipinski definition) is 1. The van der Waals surface area contributed by atoms with E-state index in [2.05, 4.69) is 10.2 Å². The zero-order chi connectivity index (χ0) is 14.3. The molecule has 4 nitrogen and oxygen atoms in total. The predicted octanol–water partition coefficient (Wildman–Crippen LogP) is 2.81. The topological polar surface area (TPSA) is 49.0 Å². The third-order valence-corrected chi connectivity index (χ3v) is 3.71. The Kier molecular flexibility index (Phi) is 3.04. The Morgan fingerprint density at radius 1 is 1.40 bits per heavy atom. The molecule has 3 rings (SSSR count). The van der Waals surface area contributed by atoms with E-state index in [1.54, 1.807) is 23.1 Å². The van der Waals surface area contributed by atoms with Gasteiger partial charge in [-0.15, -0.1) is 0 Å². The molecule has 2 aromatic rings. The summed E-state index contributed by atoms with van der Waals surface area (Å²) in [4.78, 5) is 14.1. The number of carbonyl (C=O) groups is 1. The fourth-order valence-electron chi connectivity index (χ4n) is 2.84. The van der Waals surface area contributed by atoms with Crippen molar-refractivity contribution < 1.29 is 9.18 Å². The zero-order valence-corrected chi connectivity index (χ0v) is 11.5. The molecule has 1 amide bonds. The second-order valence-electron chi connectivity index (χ2n) is 5.03. The number of carbonyl (C=O) groups excluding carboxylic acids is 1. The van der Waals surface area contributed by atoms with Gasteiger partial charge in [0, 0.05) is 23.4 Å². The predicted molar refractivity (Wildman–Crippen MR) is 72.9 cm³/mol. The number of fused-ring (bicyclic) bond motifs is 1. The third-order valence-electron chi connectivity index (χ3n) is 3.71. The van der Waals surface area contributed by atoms with Gasteiger partial charge < -0.3 is 4.90 Å². The number of nitrogens with zero attached hydrogens (tertiary/aromatic N) is 2. The van der Waals surface area contributed by atoms with Crippen LogP contribution in [0.3, 0.4) is 0 Å². The lowest BCUT2D eigenvalue weighted by Gasteiger charge is -2.26. The molecule has 104 valence electrons. The average molecular weight is 273 g/mol. The Bertz CT molecular complexity index is 665. The van der Waals surface area contributed by atoms with Crippen molar-refractivity contribution in [3.8, 4) is 0 Å². The minimum Gasteiger partial charge on any atom is -0.326 e. The molecule has 0 spiro atoms. The van der Waals surface area contributed by atoms with Gasteiger partial charge in [-0.25, -0.2) is 4.39 Å². The van der Waals surface area contributed by atoms with Gasteiger partial charge in [-0.3, -0.25) is 9.89 Å². The normalized spacial score (nSPS) is 17.6. The van der Waals surface area contributed by atoms with Crippen molar-refractivity contribution in [2.75, 3.05) is 6.54 Å². The Labute approximate surface area is 116 Å². The van der Waals surface area contributed by atoms with Gasteiger partial charge in [0.15, 0.2) is 5.69 Å². The van der Waals surface area contributed by atoms with E-state index in [1.807, 2.05) is 13.8 Å². The lowest BCUT2D eigenvalue weighted by atomic mass is 9.98. The monoisotopic (exact) mass is 273 g/mol. The maximum atomic E-state index is 14.1. The maximum Gasteiger partial charge on any atom is 0.275 e. The molecule has 1 aliphatic heterocycles. The second-order valence-corrected chi connectivity index (χ2v) is 5.03. The van der Waals surface area contributed by atoms with Gasteiger partial charge in [0.25, 0.3) is 5.91 Å². The molecule has 1 aromatic carbocycles. The van der Waals surface area contributed by atoms with Crippen molar-refractivity contribution in [3.05, 3.63) is 52.6 Å². The molecule has 2 heterocycles. The molecular formula is C15H16FN3O. The van der Waals surface area contributed by atoms with Crippen LogP contribution in [0.15, 0.2) is 24.3 Å². The lowest BCUT2D eigenvalue weighted by Crippen LogP contribution is -2.30. The maximum absolute atomic E-state index is 14.1. The number of aromatic amines is 1. The number of amides is 1. The quantitative estimate of drug-likeness (QED) is 0.934. The first-order valence-electron chi connectivity index (χ1n) is 6.75.